The number of rotatable bonds is 5. The van der Waals surface area contributed by atoms with E-state index in [9.17, 15) is 4.79 Å². The molecule has 0 fully saturated rings. The molecule has 146 valence electrons. The van der Waals surface area contributed by atoms with E-state index in [1.807, 2.05) is 22.9 Å². The molecule has 0 unspecified atom stereocenters. The molecule has 0 aromatic carbocycles. The van der Waals surface area contributed by atoms with Crippen LogP contribution in [0.2, 0.25) is 4.34 Å². The molecule has 3 N–H and O–H groups in total. The SMILES string of the molecule is COCCn1ncc2c1CN(C(=O)Nc1nc(-c3ccc(Cl)s3)ccc1N)C2. The van der Waals surface area contributed by atoms with Gasteiger partial charge in [0.1, 0.15) is 0 Å². The summed E-state index contributed by atoms with van der Waals surface area (Å²) < 4.78 is 7.66. The third-order valence-electron chi connectivity index (χ3n) is 4.51. The highest BCUT2D eigenvalue weighted by molar-refractivity contribution is 7.19. The van der Waals surface area contributed by atoms with Crippen LogP contribution in [0.5, 0.6) is 0 Å². The summed E-state index contributed by atoms with van der Waals surface area (Å²) in [5, 5.41) is 7.18. The molecule has 1 aliphatic rings. The van der Waals surface area contributed by atoms with Crippen LogP contribution in [0.4, 0.5) is 16.3 Å². The molecule has 3 aromatic heterocycles. The van der Waals surface area contributed by atoms with Gasteiger partial charge in [0, 0.05) is 12.7 Å². The van der Waals surface area contributed by atoms with Gasteiger partial charge in [-0.15, -0.1) is 11.3 Å². The van der Waals surface area contributed by atoms with Gasteiger partial charge >= 0.3 is 6.03 Å². The molecule has 0 radical (unpaired) electrons. The van der Waals surface area contributed by atoms with Crippen LogP contribution >= 0.6 is 22.9 Å². The number of amides is 2. The average molecular weight is 419 g/mol. The van der Waals surface area contributed by atoms with Crippen molar-refractivity contribution >= 4 is 40.5 Å². The highest BCUT2D eigenvalue weighted by Crippen LogP contribution is 2.32. The number of methoxy groups -OCH3 is 1. The van der Waals surface area contributed by atoms with Crippen molar-refractivity contribution in [3.8, 4) is 10.6 Å². The molecule has 1 aliphatic heterocycles. The first-order valence-electron chi connectivity index (χ1n) is 8.66. The number of pyridine rings is 1. The molecule has 3 aromatic rings. The summed E-state index contributed by atoms with van der Waals surface area (Å²) >= 11 is 7.42. The molecular weight excluding hydrogens is 400 g/mol. The summed E-state index contributed by atoms with van der Waals surface area (Å²) in [6.07, 6.45) is 1.80. The Balaban J connectivity index is 1.47. The number of hydrogen-bond acceptors (Lipinski definition) is 6. The van der Waals surface area contributed by atoms with E-state index >= 15 is 0 Å². The van der Waals surface area contributed by atoms with Gasteiger partial charge in [-0.3, -0.25) is 10.00 Å². The van der Waals surface area contributed by atoms with Crippen molar-refractivity contribution in [2.75, 3.05) is 24.8 Å². The summed E-state index contributed by atoms with van der Waals surface area (Å²) in [5.41, 5.74) is 9.19. The van der Waals surface area contributed by atoms with Crippen LogP contribution in [0.1, 0.15) is 11.3 Å². The normalized spacial score (nSPS) is 13.0. The molecule has 8 nitrogen and oxygen atoms in total. The van der Waals surface area contributed by atoms with E-state index in [0.717, 1.165) is 16.1 Å². The lowest BCUT2D eigenvalue weighted by Gasteiger charge is -2.18. The molecule has 28 heavy (non-hydrogen) atoms. The number of nitrogen functional groups attached to an aromatic ring is 1. The highest BCUT2D eigenvalue weighted by atomic mass is 35.5. The summed E-state index contributed by atoms with van der Waals surface area (Å²) in [6.45, 7) is 2.20. The van der Waals surface area contributed by atoms with E-state index < -0.39 is 0 Å². The van der Waals surface area contributed by atoms with Gasteiger partial charge in [0.25, 0.3) is 0 Å². The minimum Gasteiger partial charge on any atom is -0.396 e. The van der Waals surface area contributed by atoms with Gasteiger partial charge < -0.3 is 15.4 Å². The summed E-state index contributed by atoms with van der Waals surface area (Å²) in [6, 6.07) is 6.98. The second-order valence-electron chi connectivity index (χ2n) is 6.36. The Morgan fingerprint density at radius 2 is 2.21 bits per heavy atom. The monoisotopic (exact) mass is 418 g/mol. The molecule has 0 saturated carbocycles. The quantitative estimate of drug-likeness (QED) is 0.661. The smallest absolute Gasteiger partial charge is 0.323 e. The summed E-state index contributed by atoms with van der Waals surface area (Å²) in [5.74, 6) is 0.337. The Kier molecular flexibility index (Phi) is 5.21. The number of nitrogens with one attached hydrogen (secondary N) is 1. The zero-order valence-corrected chi connectivity index (χ0v) is 16.8. The zero-order valence-electron chi connectivity index (χ0n) is 15.2. The fraction of sp³-hybridized carbons (Fsp3) is 0.278. The lowest BCUT2D eigenvalue weighted by Crippen LogP contribution is -2.31. The van der Waals surface area contributed by atoms with Crippen LogP contribution in [-0.2, 0) is 24.4 Å². The van der Waals surface area contributed by atoms with Gasteiger partial charge in [0.2, 0.25) is 0 Å². The fourth-order valence-electron chi connectivity index (χ4n) is 3.06. The topological polar surface area (TPSA) is 98.3 Å². The second-order valence-corrected chi connectivity index (χ2v) is 8.07. The van der Waals surface area contributed by atoms with Crippen LogP contribution in [0.3, 0.4) is 0 Å². The summed E-state index contributed by atoms with van der Waals surface area (Å²) in [4.78, 5) is 19.9. The number of hydrogen-bond donors (Lipinski definition) is 2. The van der Waals surface area contributed by atoms with Crippen LogP contribution in [0, 0.1) is 0 Å². The number of ether oxygens (including phenoxy) is 1. The number of halogens is 1. The van der Waals surface area contributed by atoms with Crippen molar-refractivity contribution in [2.24, 2.45) is 0 Å². The minimum atomic E-state index is -0.255. The minimum absolute atomic E-state index is 0.255. The Labute approximate surface area is 170 Å². The number of thiophene rings is 1. The second kappa shape index (κ2) is 7.78. The van der Waals surface area contributed by atoms with Crippen molar-refractivity contribution in [3.63, 3.8) is 0 Å². The largest absolute Gasteiger partial charge is 0.396 e. The van der Waals surface area contributed by atoms with Crippen LogP contribution in [0.15, 0.2) is 30.5 Å². The predicted molar refractivity (Wildman–Crippen MR) is 109 cm³/mol. The van der Waals surface area contributed by atoms with E-state index in [1.54, 1.807) is 24.3 Å². The maximum Gasteiger partial charge on any atom is 0.323 e. The highest BCUT2D eigenvalue weighted by Gasteiger charge is 2.27. The lowest BCUT2D eigenvalue weighted by molar-refractivity contribution is 0.181. The number of urea groups is 1. The predicted octanol–water partition coefficient (Wildman–Crippen LogP) is 3.44. The zero-order chi connectivity index (χ0) is 19.7. The standard InChI is InChI=1S/C18H19ClN6O2S/c1-27-7-6-25-14-10-24(9-11(14)8-21-25)18(26)23-17-12(20)2-3-13(22-17)15-4-5-16(19)28-15/h2-5,8H,6-7,9-10,20H2,1H3,(H,22,23,26). The fourth-order valence-corrected chi connectivity index (χ4v) is 4.07. The molecule has 0 bridgehead atoms. The van der Waals surface area contributed by atoms with Gasteiger partial charge in [-0.1, -0.05) is 11.6 Å². The molecule has 10 heteroatoms. The average Bonchev–Trinajstić information content (AvgIpc) is 3.38. The first-order valence-corrected chi connectivity index (χ1v) is 9.85. The van der Waals surface area contributed by atoms with Crippen molar-refractivity contribution < 1.29 is 9.53 Å². The van der Waals surface area contributed by atoms with Crippen molar-refractivity contribution in [1.82, 2.24) is 19.7 Å². The van der Waals surface area contributed by atoms with E-state index in [0.29, 0.717) is 47.8 Å². The maximum absolute atomic E-state index is 12.8. The van der Waals surface area contributed by atoms with Crippen molar-refractivity contribution in [2.45, 2.75) is 19.6 Å². The maximum atomic E-state index is 12.8. The van der Waals surface area contributed by atoms with E-state index in [-0.39, 0.29) is 6.03 Å². The van der Waals surface area contributed by atoms with Crippen LogP contribution < -0.4 is 11.1 Å². The third-order valence-corrected chi connectivity index (χ3v) is 5.76. The molecule has 0 atom stereocenters. The summed E-state index contributed by atoms with van der Waals surface area (Å²) in [7, 11) is 1.65. The van der Waals surface area contributed by atoms with Crippen LogP contribution in [-0.4, -0.2) is 39.4 Å². The van der Waals surface area contributed by atoms with Crippen molar-refractivity contribution in [1.29, 1.82) is 0 Å². The van der Waals surface area contributed by atoms with Crippen LogP contribution in [0.25, 0.3) is 10.6 Å². The van der Waals surface area contributed by atoms with Gasteiger partial charge in [-0.25, -0.2) is 9.78 Å². The lowest BCUT2D eigenvalue weighted by atomic mass is 10.3. The van der Waals surface area contributed by atoms with Crippen molar-refractivity contribution in [3.05, 3.63) is 46.1 Å². The molecule has 0 saturated heterocycles. The molecule has 2 amide bonds. The molecule has 4 heterocycles. The first-order chi connectivity index (χ1) is 13.5. The number of carbonyl (C=O) groups is 1. The number of aromatic nitrogens is 3. The Morgan fingerprint density at radius 1 is 1.36 bits per heavy atom. The number of anilines is 2. The number of fused-ring (bicyclic) bond motifs is 1. The number of nitrogens with two attached hydrogens (primary N) is 1. The van der Waals surface area contributed by atoms with E-state index in [4.69, 9.17) is 22.1 Å². The molecule has 0 spiro atoms. The first kappa shape index (κ1) is 18.7. The van der Waals surface area contributed by atoms with E-state index in [1.165, 1.54) is 11.3 Å². The Hall–Kier alpha value is -2.62. The molecule has 4 rings (SSSR count). The molecule has 0 aliphatic carbocycles. The Bertz CT molecular complexity index is 1020. The van der Waals surface area contributed by atoms with Gasteiger partial charge in [-0.05, 0) is 24.3 Å². The van der Waals surface area contributed by atoms with Gasteiger partial charge in [0.15, 0.2) is 5.82 Å². The third kappa shape index (κ3) is 3.68. The van der Waals surface area contributed by atoms with E-state index in [2.05, 4.69) is 15.4 Å². The Morgan fingerprint density at radius 3 is 2.96 bits per heavy atom. The molecular formula is C18H19ClN6O2S. The van der Waals surface area contributed by atoms with Gasteiger partial charge in [-0.2, -0.15) is 5.10 Å². The number of nitrogens with zero attached hydrogens (tertiary/aromatic N) is 4. The van der Waals surface area contributed by atoms with Gasteiger partial charge in [0.05, 0.1) is 58.7 Å². The number of carbonyl (C=O) groups excluding carboxylic acids is 1.